The lowest BCUT2D eigenvalue weighted by molar-refractivity contribution is 0.400. The van der Waals surface area contributed by atoms with Crippen LogP contribution in [0.2, 0.25) is 0 Å². The van der Waals surface area contributed by atoms with Gasteiger partial charge in [0.1, 0.15) is 0 Å². The largest absolute Gasteiger partial charge is 0.367 e. The Balaban J connectivity index is 1.67. The summed E-state index contributed by atoms with van der Waals surface area (Å²) < 4.78 is 26.9. The van der Waals surface area contributed by atoms with Crippen LogP contribution in [-0.4, -0.2) is 25.7 Å². The molecule has 2 atom stereocenters. The first kappa shape index (κ1) is 14.4. The Kier molecular flexibility index (Phi) is 3.17. The van der Waals surface area contributed by atoms with E-state index in [4.69, 9.17) is 0 Å². The molecule has 1 fully saturated rings. The predicted molar refractivity (Wildman–Crippen MR) is 91.5 cm³/mol. The lowest BCUT2D eigenvalue weighted by Crippen LogP contribution is -2.45. The summed E-state index contributed by atoms with van der Waals surface area (Å²) in [4.78, 5) is 2.61. The molecule has 2 nitrogen and oxygen atoms in total. The number of aryl methyl sites for hydroxylation is 1. The maximum absolute atomic E-state index is 13.7. The number of hydrogen-bond donors (Lipinski definition) is 1. The third-order valence-electron chi connectivity index (χ3n) is 5.85. The maximum atomic E-state index is 13.7. The minimum atomic E-state index is -0.788. The van der Waals surface area contributed by atoms with Crippen molar-refractivity contribution in [1.29, 1.82) is 0 Å². The number of halogens is 2. The molecule has 0 aliphatic carbocycles. The predicted octanol–water partition coefficient (Wildman–Crippen LogP) is 3.84. The number of benzene rings is 2. The topological polar surface area (TPSA) is 15.3 Å². The van der Waals surface area contributed by atoms with Crippen LogP contribution >= 0.6 is 0 Å². The molecule has 1 N–H and O–H groups in total. The second kappa shape index (κ2) is 5.28. The smallest absolute Gasteiger partial charge is 0.159 e. The van der Waals surface area contributed by atoms with Gasteiger partial charge in [-0.3, -0.25) is 0 Å². The van der Waals surface area contributed by atoms with Crippen molar-refractivity contribution in [2.24, 2.45) is 0 Å². The summed E-state index contributed by atoms with van der Waals surface area (Å²) in [6, 6.07) is 9.21. The van der Waals surface area contributed by atoms with Crippen LogP contribution in [0.25, 0.3) is 11.1 Å². The summed E-state index contributed by atoms with van der Waals surface area (Å²) in [5, 5.41) is 3.52. The highest BCUT2D eigenvalue weighted by molar-refractivity contribution is 5.76. The number of rotatable bonds is 1. The molecule has 0 bridgehead atoms. The fourth-order valence-corrected chi connectivity index (χ4v) is 4.80. The zero-order valence-corrected chi connectivity index (χ0v) is 13.5. The summed E-state index contributed by atoms with van der Waals surface area (Å²) in [5.41, 5.74) is 5.95. The van der Waals surface area contributed by atoms with Gasteiger partial charge in [0, 0.05) is 30.7 Å². The Morgan fingerprint density at radius 2 is 1.96 bits per heavy atom. The van der Waals surface area contributed by atoms with Crippen LogP contribution < -0.4 is 10.2 Å². The lowest BCUT2D eigenvalue weighted by atomic mass is 9.87. The first-order chi connectivity index (χ1) is 11.7. The molecule has 3 aliphatic rings. The van der Waals surface area contributed by atoms with Gasteiger partial charge in [0.15, 0.2) is 11.6 Å². The minimum Gasteiger partial charge on any atom is -0.367 e. The average molecular weight is 326 g/mol. The van der Waals surface area contributed by atoms with Gasteiger partial charge in [0.05, 0.1) is 0 Å². The summed E-state index contributed by atoms with van der Waals surface area (Å²) >= 11 is 0. The van der Waals surface area contributed by atoms with Crippen molar-refractivity contribution in [3.63, 3.8) is 0 Å². The standard InChI is InChI=1S/C20H20F2N2/c21-17-4-3-12(10-18(17)22)14-8-13-2-1-7-24-19-5-6-23-11-16(19)15(9-14)20(13)24/h3-4,8-10,16,19,23H,1-2,5-7,11H2/t16-,19-/m1/s1. The molecule has 0 radical (unpaired) electrons. The second-order valence-corrected chi connectivity index (χ2v) is 7.17. The van der Waals surface area contributed by atoms with Crippen LogP contribution in [-0.2, 0) is 6.42 Å². The lowest BCUT2D eigenvalue weighted by Gasteiger charge is -2.36. The SMILES string of the molecule is Fc1ccc(-c2cc3c4c(c2)[C@H]2CNCC[C@H]2N4CCC3)cc1F. The highest BCUT2D eigenvalue weighted by Crippen LogP contribution is 2.49. The Labute approximate surface area is 140 Å². The average Bonchev–Trinajstić information content (AvgIpc) is 2.94. The Hall–Kier alpha value is -1.94. The van der Waals surface area contributed by atoms with Crippen molar-refractivity contribution in [2.45, 2.75) is 31.2 Å². The van der Waals surface area contributed by atoms with Gasteiger partial charge in [-0.1, -0.05) is 6.07 Å². The normalized spacial score (nSPS) is 24.7. The van der Waals surface area contributed by atoms with Gasteiger partial charge in [0.2, 0.25) is 0 Å². The fourth-order valence-electron chi connectivity index (χ4n) is 4.80. The van der Waals surface area contributed by atoms with E-state index in [1.807, 2.05) is 0 Å². The molecule has 2 aromatic rings. The third-order valence-corrected chi connectivity index (χ3v) is 5.85. The number of nitrogens with zero attached hydrogens (tertiary/aromatic N) is 1. The maximum Gasteiger partial charge on any atom is 0.159 e. The molecule has 24 heavy (non-hydrogen) atoms. The minimum absolute atomic E-state index is 0.510. The van der Waals surface area contributed by atoms with E-state index in [-0.39, 0.29) is 0 Å². The van der Waals surface area contributed by atoms with E-state index in [1.165, 1.54) is 41.8 Å². The molecule has 5 rings (SSSR count). The zero-order valence-electron chi connectivity index (χ0n) is 13.5. The van der Waals surface area contributed by atoms with Crippen molar-refractivity contribution >= 4 is 5.69 Å². The van der Waals surface area contributed by atoms with E-state index in [0.29, 0.717) is 12.0 Å². The van der Waals surface area contributed by atoms with E-state index in [9.17, 15) is 8.78 Å². The Morgan fingerprint density at radius 3 is 2.83 bits per heavy atom. The monoisotopic (exact) mass is 326 g/mol. The van der Waals surface area contributed by atoms with Gasteiger partial charge < -0.3 is 10.2 Å². The number of hydrogen-bond acceptors (Lipinski definition) is 2. The summed E-state index contributed by atoms with van der Waals surface area (Å²) in [6.07, 6.45) is 3.42. The highest BCUT2D eigenvalue weighted by Gasteiger charge is 2.42. The molecular formula is C20H20F2N2. The molecule has 1 saturated heterocycles. The van der Waals surface area contributed by atoms with Crippen molar-refractivity contribution < 1.29 is 8.78 Å². The van der Waals surface area contributed by atoms with Crippen LogP contribution in [0.15, 0.2) is 30.3 Å². The Morgan fingerprint density at radius 1 is 1.04 bits per heavy atom. The molecule has 3 heterocycles. The molecule has 0 amide bonds. The van der Waals surface area contributed by atoms with Crippen LogP contribution in [0.4, 0.5) is 14.5 Å². The quantitative estimate of drug-likeness (QED) is 0.856. The van der Waals surface area contributed by atoms with E-state index in [2.05, 4.69) is 22.3 Å². The zero-order chi connectivity index (χ0) is 16.3. The molecule has 3 aliphatic heterocycles. The number of fused-ring (bicyclic) bond motifs is 3. The van der Waals surface area contributed by atoms with Crippen molar-refractivity contribution in [3.8, 4) is 11.1 Å². The number of anilines is 1. The van der Waals surface area contributed by atoms with Gasteiger partial charge in [0.25, 0.3) is 0 Å². The molecule has 0 spiro atoms. The van der Waals surface area contributed by atoms with E-state index >= 15 is 0 Å². The molecular weight excluding hydrogens is 306 g/mol. The van der Waals surface area contributed by atoms with Gasteiger partial charge >= 0.3 is 0 Å². The van der Waals surface area contributed by atoms with Gasteiger partial charge in [-0.25, -0.2) is 8.78 Å². The van der Waals surface area contributed by atoms with Gasteiger partial charge in [-0.2, -0.15) is 0 Å². The van der Waals surface area contributed by atoms with Crippen molar-refractivity contribution in [1.82, 2.24) is 5.32 Å². The Bertz CT molecular complexity index is 818. The van der Waals surface area contributed by atoms with Crippen LogP contribution in [0.5, 0.6) is 0 Å². The molecule has 0 saturated carbocycles. The molecule has 124 valence electrons. The number of nitrogens with one attached hydrogen (secondary N) is 1. The first-order valence-corrected chi connectivity index (χ1v) is 8.82. The van der Waals surface area contributed by atoms with E-state index < -0.39 is 11.6 Å². The van der Waals surface area contributed by atoms with E-state index in [0.717, 1.165) is 37.2 Å². The van der Waals surface area contributed by atoms with Gasteiger partial charge in [-0.05, 0) is 72.3 Å². The molecule has 0 unspecified atom stereocenters. The first-order valence-electron chi connectivity index (χ1n) is 8.82. The summed E-state index contributed by atoms with van der Waals surface area (Å²) in [5.74, 6) is -1.06. The summed E-state index contributed by atoms with van der Waals surface area (Å²) in [7, 11) is 0. The molecule has 2 aromatic carbocycles. The van der Waals surface area contributed by atoms with Crippen LogP contribution in [0.3, 0.4) is 0 Å². The molecule has 4 heteroatoms. The van der Waals surface area contributed by atoms with Crippen molar-refractivity contribution in [3.05, 3.63) is 53.1 Å². The number of piperidine rings is 1. The van der Waals surface area contributed by atoms with Crippen LogP contribution in [0, 0.1) is 11.6 Å². The van der Waals surface area contributed by atoms with E-state index in [1.54, 1.807) is 6.07 Å². The van der Waals surface area contributed by atoms with Crippen LogP contribution in [0.1, 0.15) is 29.9 Å². The van der Waals surface area contributed by atoms with Gasteiger partial charge in [-0.15, -0.1) is 0 Å². The summed E-state index contributed by atoms with van der Waals surface area (Å²) in [6.45, 7) is 3.23. The highest BCUT2D eigenvalue weighted by atomic mass is 19.2. The van der Waals surface area contributed by atoms with Crippen molar-refractivity contribution in [2.75, 3.05) is 24.5 Å². The fraction of sp³-hybridized carbons (Fsp3) is 0.400. The third kappa shape index (κ3) is 2.02. The molecule has 0 aromatic heterocycles. The second-order valence-electron chi connectivity index (χ2n) is 7.17.